The van der Waals surface area contributed by atoms with Gasteiger partial charge in [0, 0.05) is 20.1 Å². The fourth-order valence-corrected chi connectivity index (χ4v) is 1.55. The summed E-state index contributed by atoms with van der Waals surface area (Å²) in [5.74, 6) is -1.08. The van der Waals surface area contributed by atoms with Gasteiger partial charge in [-0.2, -0.15) is 0 Å². The number of urea groups is 1. The van der Waals surface area contributed by atoms with Crippen LogP contribution in [0.5, 0.6) is 0 Å². The summed E-state index contributed by atoms with van der Waals surface area (Å²) in [6.45, 7) is 1.15. The molecule has 0 aliphatic carbocycles. The molecule has 1 atom stereocenters. The van der Waals surface area contributed by atoms with Crippen molar-refractivity contribution < 1.29 is 14.7 Å². The molecule has 104 valence electrons. The van der Waals surface area contributed by atoms with Gasteiger partial charge in [-0.1, -0.05) is 30.3 Å². The number of amides is 2. The second kappa shape index (κ2) is 7.38. The minimum Gasteiger partial charge on any atom is -0.479 e. The third-order valence-corrected chi connectivity index (χ3v) is 2.69. The maximum absolute atomic E-state index is 11.9. The second-order valence-corrected chi connectivity index (χ2v) is 4.16. The van der Waals surface area contributed by atoms with Crippen LogP contribution in [0.3, 0.4) is 0 Å². The summed E-state index contributed by atoms with van der Waals surface area (Å²) >= 11 is 0. The van der Waals surface area contributed by atoms with Crippen LogP contribution in [0.1, 0.15) is 11.6 Å². The number of carbonyl (C=O) groups is 2. The Morgan fingerprint density at radius 1 is 1.32 bits per heavy atom. The van der Waals surface area contributed by atoms with Gasteiger partial charge in [-0.05, 0) is 12.6 Å². The zero-order chi connectivity index (χ0) is 14.3. The topological polar surface area (TPSA) is 81.7 Å². The lowest BCUT2D eigenvalue weighted by Gasteiger charge is -2.21. The summed E-state index contributed by atoms with van der Waals surface area (Å²) < 4.78 is 0. The monoisotopic (exact) mass is 265 g/mol. The predicted molar refractivity (Wildman–Crippen MR) is 71.9 cm³/mol. The lowest BCUT2D eigenvalue weighted by Crippen LogP contribution is -2.43. The molecule has 3 N–H and O–H groups in total. The molecule has 0 heterocycles. The SMILES string of the molecule is CNCCN(C)C(=O)N[C@@H](C(=O)O)c1ccccc1. The molecule has 0 saturated carbocycles. The number of carbonyl (C=O) groups excluding carboxylic acids is 1. The van der Waals surface area contributed by atoms with E-state index in [0.717, 1.165) is 0 Å². The molecule has 0 aliphatic rings. The van der Waals surface area contributed by atoms with Crippen LogP contribution in [0.4, 0.5) is 4.79 Å². The lowest BCUT2D eigenvalue weighted by molar-refractivity contribution is -0.139. The number of carboxylic acid groups (broad SMARTS) is 1. The number of hydrogen-bond acceptors (Lipinski definition) is 3. The third-order valence-electron chi connectivity index (χ3n) is 2.69. The Morgan fingerprint density at radius 2 is 1.95 bits per heavy atom. The van der Waals surface area contributed by atoms with E-state index in [9.17, 15) is 14.7 Å². The van der Waals surface area contributed by atoms with Crippen molar-refractivity contribution in [2.24, 2.45) is 0 Å². The fourth-order valence-electron chi connectivity index (χ4n) is 1.55. The molecule has 6 heteroatoms. The van der Waals surface area contributed by atoms with Gasteiger partial charge in [0.25, 0.3) is 0 Å². The third kappa shape index (κ3) is 4.59. The van der Waals surface area contributed by atoms with Gasteiger partial charge < -0.3 is 20.6 Å². The minimum atomic E-state index is -1.08. The summed E-state index contributed by atoms with van der Waals surface area (Å²) in [6.07, 6.45) is 0. The van der Waals surface area contributed by atoms with Crippen molar-refractivity contribution in [3.63, 3.8) is 0 Å². The zero-order valence-electron chi connectivity index (χ0n) is 11.1. The van der Waals surface area contributed by atoms with Gasteiger partial charge in [0.05, 0.1) is 0 Å². The van der Waals surface area contributed by atoms with Crippen LogP contribution in [0, 0.1) is 0 Å². The number of carboxylic acids is 1. The first-order valence-electron chi connectivity index (χ1n) is 6.00. The molecule has 1 aromatic carbocycles. The number of nitrogens with zero attached hydrogens (tertiary/aromatic N) is 1. The Labute approximate surface area is 112 Å². The van der Waals surface area contributed by atoms with E-state index in [-0.39, 0.29) is 0 Å². The first-order valence-corrected chi connectivity index (χ1v) is 6.00. The summed E-state index contributed by atoms with van der Waals surface area (Å²) in [4.78, 5) is 24.5. The van der Waals surface area contributed by atoms with Crippen LogP contribution < -0.4 is 10.6 Å². The first-order chi connectivity index (χ1) is 9.06. The molecule has 1 aromatic rings. The molecule has 1 rings (SSSR count). The average Bonchev–Trinajstić information content (AvgIpc) is 2.42. The Morgan fingerprint density at radius 3 is 2.47 bits per heavy atom. The number of aliphatic carboxylic acids is 1. The molecule has 6 nitrogen and oxygen atoms in total. The highest BCUT2D eigenvalue weighted by molar-refractivity contribution is 5.83. The van der Waals surface area contributed by atoms with Gasteiger partial charge in [-0.15, -0.1) is 0 Å². The van der Waals surface area contributed by atoms with Gasteiger partial charge in [0.2, 0.25) is 0 Å². The summed E-state index contributed by atoms with van der Waals surface area (Å²) in [6, 6.07) is 7.17. The van der Waals surface area contributed by atoms with Crippen LogP contribution in [-0.2, 0) is 4.79 Å². The molecule has 0 radical (unpaired) electrons. The number of likely N-dealkylation sites (N-methyl/N-ethyl adjacent to an activating group) is 2. The van der Waals surface area contributed by atoms with Gasteiger partial charge in [0.1, 0.15) is 0 Å². The molecule has 0 aromatic heterocycles. The molecule has 19 heavy (non-hydrogen) atoms. The van der Waals surface area contributed by atoms with Gasteiger partial charge in [0.15, 0.2) is 6.04 Å². The highest BCUT2D eigenvalue weighted by Crippen LogP contribution is 2.12. The Kier molecular flexibility index (Phi) is 5.81. The van der Waals surface area contributed by atoms with E-state index in [1.165, 1.54) is 4.90 Å². The Bertz CT molecular complexity index is 422. The number of hydrogen-bond donors (Lipinski definition) is 3. The highest BCUT2D eigenvalue weighted by atomic mass is 16.4. The van der Waals surface area contributed by atoms with E-state index in [1.54, 1.807) is 44.4 Å². The van der Waals surface area contributed by atoms with Crippen molar-refractivity contribution in [3.8, 4) is 0 Å². The number of nitrogens with one attached hydrogen (secondary N) is 2. The predicted octanol–water partition coefficient (Wildman–Crippen LogP) is 0.673. The fraction of sp³-hybridized carbons (Fsp3) is 0.385. The summed E-state index contributed by atoms with van der Waals surface area (Å²) in [5, 5.41) is 14.6. The molecular formula is C13H19N3O3. The van der Waals surface area contributed by atoms with Gasteiger partial charge in [-0.3, -0.25) is 0 Å². The van der Waals surface area contributed by atoms with E-state index in [0.29, 0.717) is 18.7 Å². The van der Waals surface area contributed by atoms with Gasteiger partial charge >= 0.3 is 12.0 Å². The normalized spacial score (nSPS) is 11.7. The van der Waals surface area contributed by atoms with Crippen molar-refractivity contribution in [2.45, 2.75) is 6.04 Å². The quantitative estimate of drug-likeness (QED) is 0.706. The first kappa shape index (κ1) is 15.0. The summed E-state index contributed by atoms with van der Waals surface area (Å²) in [5.41, 5.74) is 0.547. The second-order valence-electron chi connectivity index (χ2n) is 4.16. The molecule has 2 amide bonds. The molecule has 0 unspecified atom stereocenters. The summed E-state index contributed by atoms with van der Waals surface area (Å²) in [7, 11) is 3.41. The number of benzene rings is 1. The van der Waals surface area contributed by atoms with E-state index < -0.39 is 18.0 Å². The van der Waals surface area contributed by atoms with Crippen LogP contribution in [0.25, 0.3) is 0 Å². The zero-order valence-corrected chi connectivity index (χ0v) is 11.1. The van der Waals surface area contributed by atoms with E-state index >= 15 is 0 Å². The average molecular weight is 265 g/mol. The molecular weight excluding hydrogens is 246 g/mol. The standard InChI is InChI=1S/C13H19N3O3/c1-14-8-9-16(2)13(19)15-11(12(17)18)10-6-4-3-5-7-10/h3-7,11,14H,8-9H2,1-2H3,(H,15,19)(H,17,18)/t11-/m1/s1. The van der Waals surface area contributed by atoms with Crippen LogP contribution >= 0.6 is 0 Å². The Balaban J connectivity index is 2.70. The highest BCUT2D eigenvalue weighted by Gasteiger charge is 2.23. The van der Waals surface area contributed by atoms with Crippen LogP contribution in [-0.4, -0.2) is 49.2 Å². The molecule has 0 fully saturated rings. The van der Waals surface area contributed by atoms with Crippen molar-refractivity contribution in [3.05, 3.63) is 35.9 Å². The van der Waals surface area contributed by atoms with Crippen molar-refractivity contribution in [1.29, 1.82) is 0 Å². The minimum absolute atomic E-state index is 0.411. The largest absolute Gasteiger partial charge is 0.479 e. The molecule has 0 aliphatic heterocycles. The van der Waals surface area contributed by atoms with Gasteiger partial charge in [-0.25, -0.2) is 9.59 Å². The smallest absolute Gasteiger partial charge is 0.330 e. The van der Waals surface area contributed by atoms with E-state index in [2.05, 4.69) is 10.6 Å². The maximum Gasteiger partial charge on any atom is 0.330 e. The van der Waals surface area contributed by atoms with Crippen molar-refractivity contribution in [2.75, 3.05) is 27.2 Å². The lowest BCUT2D eigenvalue weighted by atomic mass is 10.1. The molecule has 0 saturated heterocycles. The van der Waals surface area contributed by atoms with Crippen LogP contribution in [0.15, 0.2) is 30.3 Å². The maximum atomic E-state index is 11.9. The van der Waals surface area contributed by atoms with E-state index in [1.807, 2.05) is 0 Å². The van der Waals surface area contributed by atoms with E-state index in [4.69, 9.17) is 0 Å². The van der Waals surface area contributed by atoms with Crippen molar-refractivity contribution in [1.82, 2.24) is 15.5 Å². The molecule has 0 bridgehead atoms. The van der Waals surface area contributed by atoms with Crippen molar-refractivity contribution >= 4 is 12.0 Å². The number of rotatable bonds is 6. The molecule has 0 spiro atoms. The van der Waals surface area contributed by atoms with Crippen LogP contribution in [0.2, 0.25) is 0 Å². The Hall–Kier alpha value is -2.08.